The summed E-state index contributed by atoms with van der Waals surface area (Å²) in [6, 6.07) is 8.29. The molecule has 2 atom stereocenters. The monoisotopic (exact) mass is 406 g/mol. The van der Waals surface area contributed by atoms with Gasteiger partial charge in [0.25, 0.3) is 0 Å². The first-order valence-corrected chi connectivity index (χ1v) is 10.7. The largest absolute Gasteiger partial charge is 0.339 e. The van der Waals surface area contributed by atoms with E-state index >= 15 is 0 Å². The molecule has 0 bridgehead atoms. The van der Waals surface area contributed by atoms with Gasteiger partial charge in [0.15, 0.2) is 0 Å². The van der Waals surface area contributed by atoms with Gasteiger partial charge in [0.1, 0.15) is 0 Å². The van der Waals surface area contributed by atoms with E-state index in [0.717, 1.165) is 49.9 Å². The van der Waals surface area contributed by atoms with Crippen molar-refractivity contribution in [3.63, 3.8) is 0 Å². The van der Waals surface area contributed by atoms with Crippen molar-refractivity contribution in [3.8, 4) is 11.4 Å². The van der Waals surface area contributed by atoms with Crippen molar-refractivity contribution in [2.45, 2.75) is 32.7 Å². The number of aromatic nitrogens is 4. The fourth-order valence-corrected chi connectivity index (χ4v) is 5.38. The van der Waals surface area contributed by atoms with E-state index in [2.05, 4.69) is 59.3 Å². The van der Waals surface area contributed by atoms with Crippen LogP contribution in [-0.2, 0) is 13.6 Å². The molecule has 0 saturated carbocycles. The molecule has 5 rings (SSSR count). The average molecular weight is 407 g/mol. The lowest BCUT2D eigenvalue weighted by Gasteiger charge is -2.27. The highest BCUT2D eigenvalue weighted by Gasteiger charge is 2.52. The molecule has 4 heterocycles. The van der Waals surface area contributed by atoms with Crippen LogP contribution < -0.4 is 0 Å². The van der Waals surface area contributed by atoms with Crippen molar-refractivity contribution in [2.75, 3.05) is 33.2 Å². The molecule has 158 valence electrons. The fourth-order valence-electron chi connectivity index (χ4n) is 5.38. The summed E-state index contributed by atoms with van der Waals surface area (Å²) in [4.78, 5) is 9.85. The first-order valence-electron chi connectivity index (χ1n) is 10.7. The minimum Gasteiger partial charge on any atom is -0.339 e. The van der Waals surface area contributed by atoms with E-state index in [1.54, 1.807) is 0 Å². The second-order valence-corrected chi connectivity index (χ2v) is 9.31. The highest BCUT2D eigenvalue weighted by Crippen LogP contribution is 2.48. The van der Waals surface area contributed by atoms with Crippen LogP contribution in [-0.4, -0.2) is 62.9 Å². The minimum atomic E-state index is 0.168. The zero-order chi connectivity index (χ0) is 20.9. The van der Waals surface area contributed by atoms with E-state index < -0.39 is 0 Å². The third-order valence-corrected chi connectivity index (χ3v) is 6.82. The van der Waals surface area contributed by atoms with Crippen molar-refractivity contribution < 1.29 is 4.52 Å². The van der Waals surface area contributed by atoms with Gasteiger partial charge in [0, 0.05) is 56.0 Å². The van der Waals surface area contributed by atoms with Crippen molar-refractivity contribution >= 4 is 0 Å². The molecule has 0 aliphatic carbocycles. The lowest BCUT2D eigenvalue weighted by Crippen LogP contribution is -2.32. The maximum atomic E-state index is 5.87. The normalized spacial score (nSPS) is 25.0. The first kappa shape index (κ1) is 19.5. The Morgan fingerprint density at radius 3 is 2.77 bits per heavy atom. The highest BCUT2D eigenvalue weighted by molar-refractivity contribution is 5.55. The number of benzene rings is 1. The van der Waals surface area contributed by atoms with Gasteiger partial charge < -0.3 is 9.42 Å². The molecule has 0 radical (unpaired) electrons. The minimum absolute atomic E-state index is 0.168. The van der Waals surface area contributed by atoms with Crippen LogP contribution in [0, 0.1) is 19.3 Å². The smallest absolute Gasteiger partial charge is 0.232 e. The summed E-state index contributed by atoms with van der Waals surface area (Å²) in [6.45, 7) is 9.28. The number of likely N-dealkylation sites (tertiary alicyclic amines) is 2. The zero-order valence-corrected chi connectivity index (χ0v) is 18.3. The van der Waals surface area contributed by atoms with Gasteiger partial charge in [-0.3, -0.25) is 9.58 Å². The van der Waals surface area contributed by atoms with Crippen LogP contribution in [0.25, 0.3) is 11.4 Å². The quantitative estimate of drug-likeness (QED) is 0.664. The van der Waals surface area contributed by atoms with Gasteiger partial charge >= 0.3 is 0 Å². The van der Waals surface area contributed by atoms with Crippen LogP contribution in [0.3, 0.4) is 0 Å². The summed E-state index contributed by atoms with van der Waals surface area (Å²) in [5.74, 6) is 1.73. The van der Waals surface area contributed by atoms with Crippen LogP contribution >= 0.6 is 0 Å². The van der Waals surface area contributed by atoms with Crippen molar-refractivity contribution in [1.29, 1.82) is 0 Å². The highest BCUT2D eigenvalue weighted by atomic mass is 16.5. The standard InChI is InChI=1S/C23H30N6O/c1-16-6-5-7-18(10-16)21-24-22(30-26-21)20-13-29(12-19-11-28(4)25-17(19)2)15-23(20)8-9-27(3)14-23/h5-7,10-11,20H,8-9,12-15H2,1-4H3/t20-,23-/m0/s1. The molecule has 3 aromatic rings. The molecule has 0 N–H and O–H groups in total. The van der Waals surface area contributed by atoms with Crippen LogP contribution in [0.5, 0.6) is 0 Å². The molecule has 2 saturated heterocycles. The van der Waals surface area contributed by atoms with Gasteiger partial charge in [-0.25, -0.2) is 0 Å². The van der Waals surface area contributed by atoms with E-state index in [9.17, 15) is 0 Å². The molecular formula is C23H30N6O. The van der Waals surface area contributed by atoms with Gasteiger partial charge in [-0.15, -0.1) is 0 Å². The lowest BCUT2D eigenvalue weighted by molar-refractivity contribution is 0.223. The van der Waals surface area contributed by atoms with Gasteiger partial charge in [0.2, 0.25) is 11.7 Å². The fraction of sp³-hybridized carbons (Fsp3) is 0.522. The third kappa shape index (κ3) is 3.46. The van der Waals surface area contributed by atoms with Gasteiger partial charge in [-0.2, -0.15) is 10.1 Å². The Morgan fingerprint density at radius 2 is 2.07 bits per heavy atom. The maximum absolute atomic E-state index is 5.87. The van der Waals surface area contributed by atoms with Gasteiger partial charge in [-0.05, 0) is 39.9 Å². The van der Waals surface area contributed by atoms with E-state index in [1.165, 1.54) is 17.5 Å². The number of hydrogen-bond donors (Lipinski definition) is 0. The number of rotatable bonds is 4. The summed E-state index contributed by atoms with van der Waals surface area (Å²) in [5.41, 5.74) is 4.79. The molecule has 2 aliphatic heterocycles. The van der Waals surface area contributed by atoms with Crippen molar-refractivity contribution in [3.05, 3.63) is 53.2 Å². The van der Waals surface area contributed by atoms with Crippen molar-refractivity contribution in [1.82, 2.24) is 29.7 Å². The number of hydrogen-bond acceptors (Lipinski definition) is 6. The topological polar surface area (TPSA) is 63.2 Å². The summed E-state index contributed by atoms with van der Waals surface area (Å²) in [7, 11) is 4.20. The molecule has 30 heavy (non-hydrogen) atoms. The Bertz CT molecular complexity index is 1060. The third-order valence-electron chi connectivity index (χ3n) is 6.82. The van der Waals surface area contributed by atoms with Crippen LogP contribution in [0.4, 0.5) is 0 Å². The van der Waals surface area contributed by atoms with Gasteiger partial charge in [-0.1, -0.05) is 28.9 Å². The summed E-state index contributed by atoms with van der Waals surface area (Å²) >= 11 is 0. The van der Waals surface area contributed by atoms with Crippen LogP contribution in [0.2, 0.25) is 0 Å². The Hall–Kier alpha value is -2.51. The summed E-state index contributed by atoms with van der Waals surface area (Å²) < 4.78 is 7.77. The number of nitrogens with zero attached hydrogens (tertiary/aromatic N) is 6. The van der Waals surface area contributed by atoms with E-state index in [0.29, 0.717) is 5.82 Å². The van der Waals surface area contributed by atoms with Crippen LogP contribution in [0.15, 0.2) is 35.0 Å². The van der Waals surface area contributed by atoms with E-state index in [1.807, 2.05) is 23.9 Å². The molecule has 2 fully saturated rings. The van der Waals surface area contributed by atoms with E-state index in [4.69, 9.17) is 9.51 Å². The van der Waals surface area contributed by atoms with Gasteiger partial charge in [0.05, 0.1) is 11.6 Å². The molecule has 2 aliphatic rings. The SMILES string of the molecule is Cc1cccc(-c2noc([C@@H]3CN(Cc4cn(C)nc4C)C[C@@]34CCN(C)C4)n2)c1. The molecular weight excluding hydrogens is 376 g/mol. The predicted molar refractivity (Wildman–Crippen MR) is 115 cm³/mol. The molecule has 7 nitrogen and oxygen atoms in total. The second-order valence-electron chi connectivity index (χ2n) is 9.31. The Balaban J connectivity index is 1.43. The average Bonchev–Trinajstić information content (AvgIpc) is 3.45. The Kier molecular flexibility index (Phi) is 4.75. The first-order chi connectivity index (χ1) is 14.4. The molecule has 1 aromatic carbocycles. The molecule has 7 heteroatoms. The zero-order valence-electron chi connectivity index (χ0n) is 18.3. The molecule has 0 amide bonds. The molecule has 0 unspecified atom stereocenters. The lowest BCUT2D eigenvalue weighted by atomic mass is 9.77. The second kappa shape index (κ2) is 7.32. The maximum Gasteiger partial charge on any atom is 0.232 e. The number of aryl methyl sites for hydroxylation is 3. The Labute approximate surface area is 177 Å². The Morgan fingerprint density at radius 1 is 1.20 bits per heavy atom. The predicted octanol–water partition coefficient (Wildman–Crippen LogP) is 3.01. The summed E-state index contributed by atoms with van der Waals surface area (Å²) in [5, 5.41) is 8.86. The van der Waals surface area contributed by atoms with Crippen LogP contribution in [0.1, 0.15) is 35.1 Å². The molecule has 1 spiro atoms. The molecule has 2 aromatic heterocycles. The van der Waals surface area contributed by atoms with Crippen molar-refractivity contribution in [2.24, 2.45) is 12.5 Å². The summed E-state index contributed by atoms with van der Waals surface area (Å²) in [6.07, 6.45) is 3.30. The van der Waals surface area contributed by atoms with E-state index in [-0.39, 0.29) is 11.3 Å².